The zero-order valence-electron chi connectivity index (χ0n) is 11.9. The highest BCUT2D eigenvalue weighted by atomic mass is 19.1. The summed E-state index contributed by atoms with van der Waals surface area (Å²) in [4.78, 5) is 16.5. The molecule has 1 saturated heterocycles. The van der Waals surface area contributed by atoms with Gasteiger partial charge in [-0.3, -0.25) is 4.79 Å². The third-order valence-corrected chi connectivity index (χ3v) is 3.72. The Balaban J connectivity index is 1.72. The average molecular weight is 279 g/mol. The second kappa shape index (κ2) is 7.36. The van der Waals surface area contributed by atoms with Gasteiger partial charge in [0.15, 0.2) is 0 Å². The van der Waals surface area contributed by atoms with Gasteiger partial charge in [0.1, 0.15) is 5.82 Å². The molecule has 1 N–H and O–H groups in total. The molecule has 0 atom stereocenters. The minimum Gasteiger partial charge on any atom is -0.324 e. The van der Waals surface area contributed by atoms with Crippen molar-refractivity contribution in [1.82, 2.24) is 9.80 Å². The van der Waals surface area contributed by atoms with Gasteiger partial charge in [-0.05, 0) is 18.7 Å². The first-order chi connectivity index (χ1) is 9.69. The van der Waals surface area contributed by atoms with E-state index in [1.807, 2.05) is 0 Å². The van der Waals surface area contributed by atoms with Crippen LogP contribution in [-0.2, 0) is 4.79 Å². The van der Waals surface area contributed by atoms with Gasteiger partial charge in [0.2, 0.25) is 5.91 Å². The minimum atomic E-state index is -0.391. The van der Waals surface area contributed by atoms with Crippen LogP contribution in [0.1, 0.15) is 13.3 Å². The van der Waals surface area contributed by atoms with Crippen molar-refractivity contribution in [2.24, 2.45) is 0 Å². The largest absolute Gasteiger partial charge is 0.324 e. The molecule has 20 heavy (non-hydrogen) atoms. The second-order valence-electron chi connectivity index (χ2n) is 5.05. The Labute approximate surface area is 119 Å². The molecule has 0 radical (unpaired) electrons. The lowest BCUT2D eigenvalue weighted by Crippen LogP contribution is -2.46. The van der Waals surface area contributed by atoms with E-state index in [0.29, 0.717) is 6.42 Å². The van der Waals surface area contributed by atoms with E-state index < -0.39 is 5.82 Å². The molecule has 1 heterocycles. The highest BCUT2D eigenvalue weighted by Crippen LogP contribution is 2.12. The van der Waals surface area contributed by atoms with Crippen LogP contribution in [0.4, 0.5) is 10.1 Å². The zero-order valence-corrected chi connectivity index (χ0v) is 11.9. The topological polar surface area (TPSA) is 35.6 Å². The Bertz CT molecular complexity index is 444. The van der Waals surface area contributed by atoms with Gasteiger partial charge >= 0.3 is 0 Å². The maximum atomic E-state index is 13.4. The maximum absolute atomic E-state index is 13.4. The number of amides is 1. The SMILES string of the molecule is CCN1CCN(CCC(=O)Nc2ccccc2F)CC1. The third-order valence-electron chi connectivity index (χ3n) is 3.72. The molecule has 5 heteroatoms. The molecule has 1 amide bonds. The molecule has 2 rings (SSSR count). The normalized spacial score (nSPS) is 17.1. The number of carbonyl (C=O) groups excluding carboxylic acids is 1. The molecule has 1 aliphatic rings. The summed E-state index contributed by atoms with van der Waals surface area (Å²) in [6.45, 7) is 8.11. The van der Waals surface area contributed by atoms with E-state index in [1.54, 1.807) is 18.2 Å². The lowest BCUT2D eigenvalue weighted by molar-refractivity contribution is -0.116. The fourth-order valence-electron chi connectivity index (χ4n) is 2.36. The van der Waals surface area contributed by atoms with E-state index in [4.69, 9.17) is 0 Å². The van der Waals surface area contributed by atoms with Crippen molar-refractivity contribution in [2.45, 2.75) is 13.3 Å². The summed E-state index contributed by atoms with van der Waals surface area (Å²) in [5.74, 6) is -0.523. The van der Waals surface area contributed by atoms with Crippen molar-refractivity contribution in [2.75, 3.05) is 44.6 Å². The van der Waals surface area contributed by atoms with Gasteiger partial charge in [0, 0.05) is 39.1 Å². The number of anilines is 1. The minimum absolute atomic E-state index is 0.131. The van der Waals surface area contributed by atoms with Crippen LogP contribution in [0.2, 0.25) is 0 Å². The lowest BCUT2D eigenvalue weighted by Gasteiger charge is -2.33. The number of benzene rings is 1. The number of para-hydroxylation sites is 1. The van der Waals surface area contributed by atoms with E-state index in [-0.39, 0.29) is 11.6 Å². The molecule has 0 spiro atoms. The van der Waals surface area contributed by atoms with Gasteiger partial charge in [-0.1, -0.05) is 19.1 Å². The zero-order chi connectivity index (χ0) is 14.4. The highest BCUT2D eigenvalue weighted by molar-refractivity contribution is 5.90. The van der Waals surface area contributed by atoms with Crippen molar-refractivity contribution in [3.8, 4) is 0 Å². The van der Waals surface area contributed by atoms with Gasteiger partial charge in [0.25, 0.3) is 0 Å². The molecular formula is C15H22FN3O. The van der Waals surface area contributed by atoms with Crippen LogP contribution in [0, 0.1) is 5.82 Å². The molecule has 0 aliphatic carbocycles. The van der Waals surface area contributed by atoms with Gasteiger partial charge in [-0.15, -0.1) is 0 Å². The number of hydrogen-bond donors (Lipinski definition) is 1. The van der Waals surface area contributed by atoms with Crippen LogP contribution in [0.25, 0.3) is 0 Å². The summed E-state index contributed by atoms with van der Waals surface area (Å²) in [5.41, 5.74) is 0.258. The molecule has 0 bridgehead atoms. The van der Waals surface area contributed by atoms with Crippen molar-refractivity contribution in [3.63, 3.8) is 0 Å². The van der Waals surface area contributed by atoms with Crippen LogP contribution in [0.3, 0.4) is 0 Å². The van der Waals surface area contributed by atoms with Crippen LogP contribution in [0.15, 0.2) is 24.3 Å². The van der Waals surface area contributed by atoms with Crippen molar-refractivity contribution < 1.29 is 9.18 Å². The molecular weight excluding hydrogens is 257 g/mol. The van der Waals surface area contributed by atoms with Crippen LogP contribution < -0.4 is 5.32 Å². The summed E-state index contributed by atoms with van der Waals surface area (Å²) < 4.78 is 13.4. The van der Waals surface area contributed by atoms with Crippen LogP contribution in [0.5, 0.6) is 0 Å². The molecule has 110 valence electrons. The summed E-state index contributed by atoms with van der Waals surface area (Å²) in [6, 6.07) is 6.24. The summed E-state index contributed by atoms with van der Waals surface area (Å²) in [5, 5.41) is 2.62. The fraction of sp³-hybridized carbons (Fsp3) is 0.533. The Kier molecular flexibility index (Phi) is 5.49. The molecule has 1 aromatic carbocycles. The highest BCUT2D eigenvalue weighted by Gasteiger charge is 2.16. The van der Waals surface area contributed by atoms with Gasteiger partial charge in [-0.2, -0.15) is 0 Å². The summed E-state index contributed by atoms with van der Waals surface area (Å²) in [6.07, 6.45) is 0.403. The molecule has 4 nitrogen and oxygen atoms in total. The fourth-order valence-corrected chi connectivity index (χ4v) is 2.36. The standard InChI is InChI=1S/C15H22FN3O/c1-2-18-9-11-19(12-10-18)8-7-15(20)17-14-6-4-3-5-13(14)16/h3-6H,2,7-12H2,1H3,(H,17,20). The summed E-state index contributed by atoms with van der Waals surface area (Å²) >= 11 is 0. The number of hydrogen-bond acceptors (Lipinski definition) is 3. The monoisotopic (exact) mass is 279 g/mol. The molecule has 1 fully saturated rings. The first kappa shape index (κ1) is 14.9. The first-order valence-corrected chi connectivity index (χ1v) is 7.18. The number of nitrogens with zero attached hydrogens (tertiary/aromatic N) is 2. The van der Waals surface area contributed by atoms with Crippen molar-refractivity contribution in [1.29, 1.82) is 0 Å². The predicted molar refractivity (Wildman–Crippen MR) is 78.2 cm³/mol. The number of likely N-dealkylation sites (N-methyl/N-ethyl adjacent to an activating group) is 1. The lowest BCUT2D eigenvalue weighted by atomic mass is 10.2. The maximum Gasteiger partial charge on any atom is 0.225 e. The number of halogens is 1. The third kappa shape index (κ3) is 4.28. The Morgan fingerprint density at radius 2 is 1.85 bits per heavy atom. The smallest absolute Gasteiger partial charge is 0.225 e. The molecule has 0 aromatic heterocycles. The van der Waals surface area contributed by atoms with Crippen LogP contribution >= 0.6 is 0 Å². The average Bonchev–Trinajstić information content (AvgIpc) is 2.48. The number of nitrogens with one attached hydrogen (secondary N) is 1. The molecule has 1 aromatic rings. The Hall–Kier alpha value is -1.46. The second-order valence-corrected chi connectivity index (χ2v) is 5.05. The van der Waals surface area contributed by atoms with Gasteiger partial charge in [-0.25, -0.2) is 4.39 Å². The van der Waals surface area contributed by atoms with E-state index >= 15 is 0 Å². The predicted octanol–water partition coefficient (Wildman–Crippen LogP) is 1.79. The van der Waals surface area contributed by atoms with Crippen molar-refractivity contribution >= 4 is 11.6 Å². The first-order valence-electron chi connectivity index (χ1n) is 7.18. The van der Waals surface area contributed by atoms with E-state index in [0.717, 1.165) is 39.3 Å². The van der Waals surface area contributed by atoms with Gasteiger partial charge < -0.3 is 15.1 Å². The summed E-state index contributed by atoms with van der Waals surface area (Å²) in [7, 11) is 0. The Morgan fingerprint density at radius 3 is 2.50 bits per heavy atom. The van der Waals surface area contributed by atoms with E-state index in [2.05, 4.69) is 22.0 Å². The molecule has 0 saturated carbocycles. The number of carbonyl (C=O) groups is 1. The van der Waals surface area contributed by atoms with Crippen molar-refractivity contribution in [3.05, 3.63) is 30.1 Å². The van der Waals surface area contributed by atoms with Crippen LogP contribution in [-0.4, -0.2) is 55.0 Å². The van der Waals surface area contributed by atoms with Gasteiger partial charge in [0.05, 0.1) is 5.69 Å². The quantitative estimate of drug-likeness (QED) is 0.892. The van der Waals surface area contributed by atoms with E-state index in [1.165, 1.54) is 6.07 Å². The molecule has 1 aliphatic heterocycles. The molecule has 0 unspecified atom stereocenters. The Morgan fingerprint density at radius 1 is 1.20 bits per heavy atom. The number of piperazine rings is 1. The van der Waals surface area contributed by atoms with E-state index in [9.17, 15) is 9.18 Å². The number of rotatable bonds is 5.